The van der Waals surface area contributed by atoms with Crippen molar-refractivity contribution in [3.8, 4) is 0 Å². The van der Waals surface area contributed by atoms with E-state index >= 15 is 0 Å². The third-order valence-corrected chi connectivity index (χ3v) is 3.39. The Morgan fingerprint density at radius 2 is 2.24 bits per heavy atom. The van der Waals surface area contributed by atoms with Crippen molar-refractivity contribution in [1.29, 1.82) is 0 Å². The molecule has 4 N–H and O–H groups in total. The maximum Gasteiger partial charge on any atom is 0.408 e. The predicted octanol–water partition coefficient (Wildman–Crippen LogP) is -0.618. The van der Waals surface area contributed by atoms with Crippen LogP contribution in [0.15, 0.2) is 6.20 Å². The molecule has 9 nitrogen and oxygen atoms in total. The van der Waals surface area contributed by atoms with E-state index in [1.54, 1.807) is 10.9 Å². The van der Waals surface area contributed by atoms with E-state index in [9.17, 15) is 14.7 Å². The van der Waals surface area contributed by atoms with Gasteiger partial charge in [-0.25, -0.2) is 4.79 Å². The normalized spacial score (nSPS) is 21.6. The first-order chi connectivity index (χ1) is 9.68. The van der Waals surface area contributed by atoms with Gasteiger partial charge in [0.1, 0.15) is 11.7 Å². The molecule has 116 valence electrons. The summed E-state index contributed by atoms with van der Waals surface area (Å²) in [5, 5.41) is 19.8. The summed E-state index contributed by atoms with van der Waals surface area (Å²) in [5.74, 6) is -0.176. The van der Waals surface area contributed by atoms with Crippen LogP contribution >= 0.6 is 0 Å². The van der Waals surface area contributed by atoms with Crippen LogP contribution in [0.1, 0.15) is 26.5 Å². The molecule has 0 saturated carbocycles. The Morgan fingerprint density at radius 1 is 1.57 bits per heavy atom. The Kier molecular flexibility index (Phi) is 3.86. The van der Waals surface area contributed by atoms with Gasteiger partial charge in [-0.3, -0.25) is 14.4 Å². The first-order valence-electron chi connectivity index (χ1n) is 6.64. The summed E-state index contributed by atoms with van der Waals surface area (Å²) in [6.07, 6.45) is 0.657. The average Bonchev–Trinajstić information content (AvgIpc) is 2.81. The van der Waals surface area contributed by atoms with Crippen LogP contribution in [0.25, 0.3) is 0 Å². The minimum Gasteiger partial charge on any atom is -0.465 e. The first-order valence-corrected chi connectivity index (χ1v) is 6.64. The molecule has 1 aromatic heterocycles. The predicted molar refractivity (Wildman–Crippen MR) is 73.2 cm³/mol. The molecule has 9 heteroatoms. The average molecular weight is 296 g/mol. The van der Waals surface area contributed by atoms with Crippen molar-refractivity contribution < 1.29 is 14.7 Å². The van der Waals surface area contributed by atoms with E-state index in [0.29, 0.717) is 12.2 Å². The number of amides is 2. The number of hydrogen-bond donors (Lipinski definition) is 3. The van der Waals surface area contributed by atoms with Gasteiger partial charge in [-0.1, -0.05) is 5.21 Å². The lowest BCUT2D eigenvalue weighted by Crippen LogP contribution is -2.67. The lowest BCUT2D eigenvalue weighted by atomic mass is 10.0. The van der Waals surface area contributed by atoms with Gasteiger partial charge in [0, 0.05) is 5.54 Å². The molecule has 2 heterocycles. The molecule has 0 aromatic carbocycles. The number of β-lactam (4-membered cyclic amide) rings is 1. The van der Waals surface area contributed by atoms with Crippen LogP contribution in [-0.2, 0) is 17.9 Å². The maximum absolute atomic E-state index is 11.3. The van der Waals surface area contributed by atoms with Gasteiger partial charge >= 0.3 is 6.09 Å². The number of nitrogens with one attached hydrogen (secondary N) is 1. The zero-order chi connectivity index (χ0) is 15.8. The van der Waals surface area contributed by atoms with E-state index in [-0.39, 0.29) is 18.5 Å². The molecular formula is C12H20N6O3. The summed E-state index contributed by atoms with van der Waals surface area (Å²) in [4.78, 5) is 23.6. The van der Waals surface area contributed by atoms with E-state index in [1.807, 2.05) is 20.8 Å². The number of rotatable bonds is 4. The number of hydrogen-bond acceptors (Lipinski definition) is 5. The van der Waals surface area contributed by atoms with Gasteiger partial charge in [0.05, 0.1) is 25.3 Å². The molecule has 2 amide bonds. The molecule has 1 aliphatic rings. The van der Waals surface area contributed by atoms with Gasteiger partial charge in [-0.2, -0.15) is 0 Å². The van der Waals surface area contributed by atoms with E-state index in [2.05, 4.69) is 15.6 Å². The Hall–Kier alpha value is -2.16. The van der Waals surface area contributed by atoms with E-state index < -0.39 is 17.7 Å². The van der Waals surface area contributed by atoms with Crippen molar-refractivity contribution in [3.05, 3.63) is 11.9 Å². The topological polar surface area (TPSA) is 126 Å². The van der Waals surface area contributed by atoms with Crippen LogP contribution in [-0.4, -0.2) is 54.6 Å². The number of carboxylic acid groups (broad SMARTS) is 1. The maximum atomic E-state index is 11.3. The molecule has 1 fully saturated rings. The number of nitrogens with two attached hydrogens (primary N) is 1. The number of aromatic nitrogens is 3. The van der Waals surface area contributed by atoms with Crippen molar-refractivity contribution in [1.82, 2.24) is 25.2 Å². The largest absolute Gasteiger partial charge is 0.465 e. The lowest BCUT2D eigenvalue weighted by Gasteiger charge is -2.33. The van der Waals surface area contributed by atoms with Gasteiger partial charge in [0.25, 0.3) is 0 Å². The van der Waals surface area contributed by atoms with Gasteiger partial charge in [0.15, 0.2) is 0 Å². The highest BCUT2D eigenvalue weighted by Crippen LogP contribution is 2.16. The Labute approximate surface area is 122 Å². The number of carbonyl (C=O) groups is 2. The van der Waals surface area contributed by atoms with Gasteiger partial charge < -0.3 is 16.2 Å². The zero-order valence-corrected chi connectivity index (χ0v) is 12.3. The molecule has 2 atom stereocenters. The van der Waals surface area contributed by atoms with Crippen molar-refractivity contribution in [2.45, 2.75) is 51.5 Å². The summed E-state index contributed by atoms with van der Waals surface area (Å²) in [6.45, 7) is 6.02. The monoisotopic (exact) mass is 296 g/mol. The Morgan fingerprint density at radius 3 is 2.71 bits per heavy atom. The number of carbonyl (C=O) groups excluding carboxylic acids is 1. The van der Waals surface area contributed by atoms with Crippen LogP contribution in [0.3, 0.4) is 0 Å². The third kappa shape index (κ3) is 3.30. The molecule has 1 aliphatic heterocycles. The fourth-order valence-electron chi connectivity index (χ4n) is 2.07. The molecule has 1 saturated heterocycles. The lowest BCUT2D eigenvalue weighted by molar-refractivity contribution is -0.130. The quantitative estimate of drug-likeness (QED) is 0.636. The minimum absolute atomic E-state index is 0.155. The van der Waals surface area contributed by atoms with Crippen LogP contribution in [0.4, 0.5) is 4.79 Å². The van der Waals surface area contributed by atoms with Crippen LogP contribution in [0, 0.1) is 0 Å². The van der Waals surface area contributed by atoms with Crippen molar-refractivity contribution in [2.24, 2.45) is 5.73 Å². The second-order valence-electron chi connectivity index (χ2n) is 6.11. The van der Waals surface area contributed by atoms with Crippen LogP contribution < -0.4 is 11.1 Å². The molecule has 0 spiro atoms. The Bertz CT molecular complexity index is 549. The van der Waals surface area contributed by atoms with Crippen molar-refractivity contribution in [3.63, 3.8) is 0 Å². The van der Waals surface area contributed by atoms with Crippen LogP contribution in [0.5, 0.6) is 0 Å². The second kappa shape index (κ2) is 5.32. The molecule has 0 unspecified atom stereocenters. The van der Waals surface area contributed by atoms with Crippen molar-refractivity contribution >= 4 is 12.0 Å². The van der Waals surface area contributed by atoms with E-state index in [0.717, 1.165) is 0 Å². The number of nitrogens with zero attached hydrogens (tertiary/aromatic N) is 4. The molecular weight excluding hydrogens is 276 g/mol. The molecule has 0 bridgehead atoms. The highest BCUT2D eigenvalue weighted by atomic mass is 16.4. The summed E-state index contributed by atoms with van der Waals surface area (Å²) in [7, 11) is 0. The minimum atomic E-state index is -1.01. The molecule has 1 aromatic rings. The zero-order valence-electron chi connectivity index (χ0n) is 12.3. The van der Waals surface area contributed by atoms with E-state index in [1.165, 1.54) is 4.90 Å². The fraction of sp³-hybridized carbons (Fsp3) is 0.667. The van der Waals surface area contributed by atoms with Gasteiger partial charge in [-0.05, 0) is 20.8 Å². The van der Waals surface area contributed by atoms with Crippen LogP contribution in [0.2, 0.25) is 0 Å². The molecule has 0 aliphatic carbocycles. The summed E-state index contributed by atoms with van der Waals surface area (Å²) >= 11 is 0. The molecule has 0 radical (unpaired) electrons. The SMILES string of the molecule is CC(C)(C)N(Cc1cn(C[C@H]2NC(=O)[C@H]2N)nn1)C(=O)O. The smallest absolute Gasteiger partial charge is 0.408 e. The second-order valence-corrected chi connectivity index (χ2v) is 6.11. The highest BCUT2D eigenvalue weighted by Gasteiger charge is 2.36. The van der Waals surface area contributed by atoms with E-state index in [4.69, 9.17) is 5.73 Å². The Balaban J connectivity index is 1.99. The standard InChI is InChI=1S/C12H20N6O3/c1-12(2,3)18(11(20)21)5-7-4-17(16-15-7)6-8-9(13)10(19)14-8/h4,8-9H,5-6,13H2,1-3H3,(H,14,19)(H,20,21)/t8-,9+/m1/s1. The summed E-state index contributed by atoms with van der Waals surface area (Å²) in [6, 6.07) is -0.687. The highest BCUT2D eigenvalue weighted by molar-refractivity contribution is 5.88. The summed E-state index contributed by atoms with van der Waals surface area (Å²) < 4.78 is 1.56. The third-order valence-electron chi connectivity index (χ3n) is 3.39. The molecule has 2 rings (SSSR count). The summed E-state index contributed by atoms with van der Waals surface area (Å²) in [5.41, 5.74) is 5.66. The van der Waals surface area contributed by atoms with Crippen molar-refractivity contribution in [2.75, 3.05) is 0 Å². The van der Waals surface area contributed by atoms with Gasteiger partial charge in [0.2, 0.25) is 5.91 Å². The van der Waals surface area contributed by atoms with Gasteiger partial charge in [-0.15, -0.1) is 5.10 Å². The fourth-order valence-corrected chi connectivity index (χ4v) is 2.07. The first kappa shape index (κ1) is 15.2. The molecule has 21 heavy (non-hydrogen) atoms.